The van der Waals surface area contributed by atoms with Gasteiger partial charge in [-0.1, -0.05) is 23.7 Å². The van der Waals surface area contributed by atoms with Crippen LogP contribution in [0, 0.1) is 0 Å². The third kappa shape index (κ3) is 6.65. The quantitative estimate of drug-likeness (QED) is 0.520. The Bertz CT molecular complexity index is 824. The molecule has 3 rings (SSSR count). The summed E-state index contributed by atoms with van der Waals surface area (Å²) in [4.78, 5) is 21.7. The minimum absolute atomic E-state index is 0.0173. The number of hydrogen-bond donors (Lipinski definition) is 2. The Morgan fingerprint density at radius 1 is 1.34 bits per heavy atom. The van der Waals surface area contributed by atoms with E-state index in [1.165, 1.54) is 4.88 Å². The third-order valence-electron chi connectivity index (χ3n) is 4.82. The summed E-state index contributed by atoms with van der Waals surface area (Å²) in [5, 5.41) is 9.71. The molecule has 1 aromatic heterocycles. The fourth-order valence-corrected chi connectivity index (χ4v) is 4.07. The Hall–Kier alpha value is -2.25. The van der Waals surface area contributed by atoms with Gasteiger partial charge < -0.3 is 20.4 Å². The number of thiophene rings is 1. The van der Waals surface area contributed by atoms with Crippen LogP contribution in [0.25, 0.3) is 0 Å². The van der Waals surface area contributed by atoms with Crippen LogP contribution in [0.4, 0.5) is 5.69 Å². The zero-order valence-corrected chi connectivity index (χ0v) is 18.5. The molecule has 1 amide bonds. The van der Waals surface area contributed by atoms with Crippen molar-refractivity contribution in [3.8, 4) is 0 Å². The third-order valence-corrected chi connectivity index (χ3v) is 5.99. The van der Waals surface area contributed by atoms with Crippen LogP contribution < -0.4 is 15.5 Å². The van der Waals surface area contributed by atoms with E-state index in [0.29, 0.717) is 5.96 Å². The van der Waals surface area contributed by atoms with Crippen LogP contribution in [0.15, 0.2) is 46.8 Å². The number of halogens is 1. The fraction of sp³-hybridized carbons (Fsp3) is 0.429. The number of guanidine groups is 1. The van der Waals surface area contributed by atoms with Gasteiger partial charge in [0.15, 0.2) is 5.96 Å². The SMILES string of the molecule is CN(C)C(=O)CN=C(NCCc1cccs1)NC1CCN(c2cccc(Cl)c2)C1. The first-order valence-electron chi connectivity index (χ1n) is 9.79. The van der Waals surface area contributed by atoms with E-state index in [0.717, 1.165) is 43.2 Å². The number of nitrogens with zero attached hydrogens (tertiary/aromatic N) is 3. The molecule has 0 aliphatic carbocycles. The van der Waals surface area contributed by atoms with Crippen molar-refractivity contribution in [3.63, 3.8) is 0 Å². The molecule has 0 radical (unpaired) electrons. The molecule has 1 aromatic carbocycles. The molecule has 2 aromatic rings. The highest BCUT2D eigenvalue weighted by Crippen LogP contribution is 2.23. The Kier molecular flexibility index (Phi) is 7.77. The van der Waals surface area contributed by atoms with Crippen LogP contribution in [-0.2, 0) is 11.2 Å². The summed E-state index contributed by atoms with van der Waals surface area (Å²) in [6.07, 6.45) is 1.93. The lowest BCUT2D eigenvalue weighted by atomic mass is 10.2. The molecule has 2 N–H and O–H groups in total. The van der Waals surface area contributed by atoms with E-state index in [1.807, 2.05) is 18.2 Å². The van der Waals surface area contributed by atoms with Gasteiger partial charge in [-0.3, -0.25) is 4.79 Å². The molecule has 0 saturated carbocycles. The number of benzene rings is 1. The topological polar surface area (TPSA) is 60.0 Å². The Morgan fingerprint density at radius 2 is 2.21 bits per heavy atom. The summed E-state index contributed by atoms with van der Waals surface area (Å²) in [6.45, 7) is 2.73. The molecule has 0 bridgehead atoms. The minimum Gasteiger partial charge on any atom is -0.369 e. The molecule has 0 spiro atoms. The van der Waals surface area contributed by atoms with E-state index >= 15 is 0 Å². The molecule has 1 unspecified atom stereocenters. The van der Waals surface area contributed by atoms with E-state index in [4.69, 9.17) is 11.6 Å². The van der Waals surface area contributed by atoms with Gasteiger partial charge in [0.2, 0.25) is 5.91 Å². The van der Waals surface area contributed by atoms with Gasteiger partial charge >= 0.3 is 0 Å². The van der Waals surface area contributed by atoms with Gasteiger partial charge in [-0.2, -0.15) is 0 Å². The van der Waals surface area contributed by atoms with Gasteiger partial charge in [0.05, 0.1) is 0 Å². The van der Waals surface area contributed by atoms with E-state index in [-0.39, 0.29) is 18.5 Å². The molecule has 1 saturated heterocycles. The summed E-state index contributed by atoms with van der Waals surface area (Å²) in [5.41, 5.74) is 1.13. The molecule has 8 heteroatoms. The fourth-order valence-electron chi connectivity index (χ4n) is 3.18. The van der Waals surface area contributed by atoms with Gasteiger partial charge in [0.25, 0.3) is 0 Å². The van der Waals surface area contributed by atoms with Crippen molar-refractivity contribution in [3.05, 3.63) is 51.7 Å². The van der Waals surface area contributed by atoms with E-state index < -0.39 is 0 Å². The highest BCUT2D eigenvalue weighted by atomic mass is 35.5. The van der Waals surface area contributed by atoms with Crippen molar-refractivity contribution >= 4 is 40.5 Å². The molecule has 1 fully saturated rings. The van der Waals surface area contributed by atoms with Crippen LogP contribution >= 0.6 is 22.9 Å². The number of rotatable bonds is 7. The second kappa shape index (κ2) is 10.5. The first kappa shape index (κ1) is 21.5. The molecule has 2 heterocycles. The summed E-state index contributed by atoms with van der Waals surface area (Å²) < 4.78 is 0. The van der Waals surface area contributed by atoms with Crippen molar-refractivity contribution < 1.29 is 4.79 Å². The highest BCUT2D eigenvalue weighted by molar-refractivity contribution is 7.09. The predicted octanol–water partition coefficient (Wildman–Crippen LogP) is 2.85. The number of carbonyl (C=O) groups excluding carboxylic acids is 1. The summed E-state index contributed by atoms with van der Waals surface area (Å²) in [6, 6.07) is 12.4. The van der Waals surface area contributed by atoms with Gasteiger partial charge in [-0.05, 0) is 42.5 Å². The maximum atomic E-state index is 12.0. The number of anilines is 1. The van der Waals surface area contributed by atoms with Crippen molar-refractivity contribution in [2.45, 2.75) is 18.9 Å². The smallest absolute Gasteiger partial charge is 0.243 e. The second-order valence-electron chi connectivity index (χ2n) is 7.26. The van der Waals surface area contributed by atoms with Gasteiger partial charge in [-0.25, -0.2) is 4.99 Å². The number of nitrogens with one attached hydrogen (secondary N) is 2. The Morgan fingerprint density at radius 3 is 2.93 bits per heavy atom. The van der Waals surface area contributed by atoms with E-state index in [1.54, 1.807) is 30.3 Å². The van der Waals surface area contributed by atoms with Crippen LogP contribution in [0.2, 0.25) is 5.02 Å². The first-order valence-corrected chi connectivity index (χ1v) is 11.0. The van der Waals surface area contributed by atoms with Crippen LogP contribution in [0.3, 0.4) is 0 Å². The molecule has 6 nitrogen and oxygen atoms in total. The standard InChI is InChI=1S/C21H28ClN5OS/c1-26(2)20(28)14-24-21(23-10-8-19-7-4-12-29-19)25-17-9-11-27(15-17)18-6-3-5-16(22)13-18/h3-7,12-13,17H,8-11,14-15H2,1-2H3,(H2,23,24,25). The van der Waals surface area contributed by atoms with E-state index in [9.17, 15) is 4.79 Å². The predicted molar refractivity (Wildman–Crippen MR) is 122 cm³/mol. The van der Waals surface area contributed by atoms with Crippen molar-refractivity contribution in [1.29, 1.82) is 0 Å². The zero-order valence-electron chi connectivity index (χ0n) is 16.9. The summed E-state index contributed by atoms with van der Waals surface area (Å²) >= 11 is 7.88. The number of carbonyl (C=O) groups is 1. The van der Waals surface area contributed by atoms with Crippen LogP contribution in [-0.4, -0.2) is 63.1 Å². The molecule has 1 atom stereocenters. The normalized spacial score (nSPS) is 16.7. The number of aliphatic imine (C=N–C) groups is 1. The van der Waals surface area contributed by atoms with Crippen molar-refractivity contribution in [1.82, 2.24) is 15.5 Å². The Labute approximate surface area is 181 Å². The van der Waals surface area contributed by atoms with E-state index in [2.05, 4.69) is 44.1 Å². The zero-order chi connectivity index (χ0) is 20.6. The Balaban J connectivity index is 1.58. The van der Waals surface area contributed by atoms with Crippen molar-refractivity contribution in [2.75, 3.05) is 45.2 Å². The first-order chi connectivity index (χ1) is 14.0. The highest BCUT2D eigenvalue weighted by Gasteiger charge is 2.23. The number of likely N-dealkylation sites (N-methyl/N-ethyl adjacent to an activating group) is 1. The molecule has 156 valence electrons. The maximum Gasteiger partial charge on any atom is 0.243 e. The summed E-state index contributed by atoms with van der Waals surface area (Å²) in [7, 11) is 3.49. The van der Waals surface area contributed by atoms with Gasteiger partial charge in [0, 0.05) is 55.4 Å². The minimum atomic E-state index is -0.0173. The number of hydrogen-bond acceptors (Lipinski definition) is 4. The van der Waals surface area contributed by atoms with Crippen LogP contribution in [0.1, 0.15) is 11.3 Å². The summed E-state index contributed by atoms with van der Waals surface area (Å²) in [5.74, 6) is 0.672. The second-order valence-corrected chi connectivity index (χ2v) is 8.73. The lowest BCUT2D eigenvalue weighted by molar-refractivity contribution is -0.127. The average molecular weight is 434 g/mol. The molecule has 29 heavy (non-hydrogen) atoms. The maximum absolute atomic E-state index is 12.0. The lowest BCUT2D eigenvalue weighted by Gasteiger charge is -2.21. The molecular formula is C21H28ClN5OS. The molecular weight excluding hydrogens is 406 g/mol. The lowest BCUT2D eigenvalue weighted by Crippen LogP contribution is -2.45. The van der Waals surface area contributed by atoms with Crippen molar-refractivity contribution in [2.24, 2.45) is 4.99 Å². The molecule has 1 aliphatic rings. The number of amides is 1. The molecule has 1 aliphatic heterocycles. The van der Waals surface area contributed by atoms with Gasteiger partial charge in [-0.15, -0.1) is 11.3 Å². The van der Waals surface area contributed by atoms with Crippen LogP contribution in [0.5, 0.6) is 0 Å². The monoisotopic (exact) mass is 433 g/mol. The largest absolute Gasteiger partial charge is 0.369 e. The average Bonchev–Trinajstić information content (AvgIpc) is 3.37. The van der Waals surface area contributed by atoms with Gasteiger partial charge in [0.1, 0.15) is 6.54 Å².